The van der Waals surface area contributed by atoms with Gasteiger partial charge >= 0.3 is 0 Å². The molecule has 1 heterocycles. The SMILES string of the molecule is CCn1c(NC(=O)CCCOc2ccc(C(C)(C)C)cc2)nnc1SCc1ccccc1Cl. The summed E-state index contributed by atoms with van der Waals surface area (Å²) in [6.07, 6.45) is 0.958. The molecule has 3 aromatic rings. The minimum atomic E-state index is -0.105. The smallest absolute Gasteiger partial charge is 0.231 e. The maximum atomic E-state index is 12.4. The standard InChI is InChI=1S/C25H31ClN4O2S/c1-5-30-23(28-29-24(30)33-17-18-9-6-7-10-21(18)26)27-22(31)11-8-16-32-20-14-12-19(13-15-20)25(2,3)4/h6-7,9-10,12-15H,5,8,11,16-17H2,1-4H3,(H,27,28,31). The molecule has 1 amide bonds. The largest absolute Gasteiger partial charge is 0.494 e. The molecule has 1 aromatic heterocycles. The van der Waals surface area contributed by atoms with Crippen LogP contribution in [-0.4, -0.2) is 27.3 Å². The third kappa shape index (κ3) is 7.24. The van der Waals surface area contributed by atoms with Gasteiger partial charge in [-0.1, -0.05) is 74.5 Å². The summed E-state index contributed by atoms with van der Waals surface area (Å²) in [5.74, 6) is 1.85. The fourth-order valence-electron chi connectivity index (χ4n) is 3.19. The number of nitrogens with one attached hydrogen (secondary N) is 1. The summed E-state index contributed by atoms with van der Waals surface area (Å²) in [5, 5.41) is 12.7. The van der Waals surface area contributed by atoms with Crippen molar-refractivity contribution in [3.8, 4) is 5.75 Å². The molecule has 176 valence electrons. The molecule has 0 atom stereocenters. The Bertz CT molecular complexity index is 1060. The number of hydrogen-bond donors (Lipinski definition) is 1. The lowest BCUT2D eigenvalue weighted by atomic mass is 9.87. The lowest BCUT2D eigenvalue weighted by molar-refractivity contribution is -0.116. The summed E-state index contributed by atoms with van der Waals surface area (Å²) in [5.41, 5.74) is 2.41. The highest BCUT2D eigenvalue weighted by molar-refractivity contribution is 7.98. The lowest BCUT2D eigenvalue weighted by Crippen LogP contribution is -2.16. The predicted molar refractivity (Wildman–Crippen MR) is 135 cm³/mol. The first-order valence-electron chi connectivity index (χ1n) is 11.1. The van der Waals surface area contributed by atoms with Crippen LogP contribution in [-0.2, 0) is 22.5 Å². The molecule has 6 nitrogen and oxygen atoms in total. The number of nitrogens with zero attached hydrogens (tertiary/aromatic N) is 3. The maximum absolute atomic E-state index is 12.4. The zero-order chi connectivity index (χ0) is 23.8. The van der Waals surface area contributed by atoms with Crippen LogP contribution in [0.4, 0.5) is 5.95 Å². The highest BCUT2D eigenvalue weighted by atomic mass is 35.5. The van der Waals surface area contributed by atoms with Crippen molar-refractivity contribution in [2.75, 3.05) is 11.9 Å². The summed E-state index contributed by atoms with van der Waals surface area (Å²) in [6, 6.07) is 15.9. The van der Waals surface area contributed by atoms with Gasteiger partial charge in [-0.2, -0.15) is 0 Å². The zero-order valence-electron chi connectivity index (χ0n) is 19.6. The van der Waals surface area contributed by atoms with Gasteiger partial charge in [-0.15, -0.1) is 10.2 Å². The molecule has 1 N–H and O–H groups in total. The molecule has 3 rings (SSSR count). The van der Waals surface area contributed by atoms with Gasteiger partial charge in [0.1, 0.15) is 5.75 Å². The molecular formula is C25H31ClN4O2S. The lowest BCUT2D eigenvalue weighted by Gasteiger charge is -2.19. The van der Waals surface area contributed by atoms with Crippen LogP contribution in [0.15, 0.2) is 53.7 Å². The number of rotatable bonds is 10. The van der Waals surface area contributed by atoms with Crippen molar-refractivity contribution in [2.24, 2.45) is 0 Å². The van der Waals surface area contributed by atoms with Gasteiger partial charge in [-0.3, -0.25) is 14.7 Å². The van der Waals surface area contributed by atoms with E-state index in [1.165, 1.54) is 5.56 Å². The van der Waals surface area contributed by atoms with Crippen molar-refractivity contribution in [2.45, 2.75) is 63.4 Å². The Balaban J connectivity index is 1.46. The minimum Gasteiger partial charge on any atom is -0.494 e. The summed E-state index contributed by atoms with van der Waals surface area (Å²) < 4.78 is 7.68. The fourth-order valence-corrected chi connectivity index (χ4v) is 4.48. The fraction of sp³-hybridized carbons (Fsp3) is 0.400. The van der Waals surface area contributed by atoms with Gasteiger partial charge in [0.15, 0.2) is 5.16 Å². The molecule has 0 aliphatic heterocycles. The van der Waals surface area contributed by atoms with E-state index in [0.29, 0.717) is 37.7 Å². The van der Waals surface area contributed by atoms with Crippen LogP contribution in [0.2, 0.25) is 5.02 Å². The van der Waals surface area contributed by atoms with Crippen molar-refractivity contribution in [3.05, 3.63) is 64.7 Å². The zero-order valence-corrected chi connectivity index (χ0v) is 21.2. The second-order valence-electron chi connectivity index (χ2n) is 8.71. The highest BCUT2D eigenvalue weighted by Crippen LogP contribution is 2.27. The number of anilines is 1. The van der Waals surface area contributed by atoms with Crippen LogP contribution >= 0.6 is 23.4 Å². The van der Waals surface area contributed by atoms with Crippen molar-refractivity contribution in [1.29, 1.82) is 0 Å². The van der Waals surface area contributed by atoms with Crippen LogP contribution in [0.1, 0.15) is 51.7 Å². The highest BCUT2D eigenvalue weighted by Gasteiger charge is 2.15. The van der Waals surface area contributed by atoms with E-state index in [-0.39, 0.29) is 11.3 Å². The van der Waals surface area contributed by atoms with E-state index in [1.807, 2.05) is 47.9 Å². The molecule has 0 spiro atoms. The Hall–Kier alpha value is -2.51. The molecule has 0 bridgehead atoms. The second-order valence-corrected chi connectivity index (χ2v) is 10.1. The van der Waals surface area contributed by atoms with Gasteiger partial charge in [-0.05, 0) is 48.1 Å². The number of thioether (sulfide) groups is 1. The van der Waals surface area contributed by atoms with E-state index in [9.17, 15) is 4.79 Å². The number of hydrogen-bond acceptors (Lipinski definition) is 5. The topological polar surface area (TPSA) is 69.0 Å². The first-order valence-corrected chi connectivity index (χ1v) is 12.5. The van der Waals surface area contributed by atoms with Crippen LogP contribution in [0.3, 0.4) is 0 Å². The Labute approximate surface area is 205 Å². The van der Waals surface area contributed by atoms with Gasteiger partial charge in [-0.25, -0.2) is 0 Å². The van der Waals surface area contributed by atoms with Crippen LogP contribution in [0.5, 0.6) is 5.75 Å². The molecule has 2 aromatic carbocycles. The van der Waals surface area contributed by atoms with Gasteiger partial charge in [0.05, 0.1) is 6.61 Å². The van der Waals surface area contributed by atoms with Crippen LogP contribution in [0, 0.1) is 0 Å². The molecule has 0 unspecified atom stereocenters. The van der Waals surface area contributed by atoms with E-state index < -0.39 is 0 Å². The average molecular weight is 487 g/mol. The maximum Gasteiger partial charge on any atom is 0.231 e. The number of halogens is 1. The third-order valence-electron chi connectivity index (χ3n) is 5.14. The number of ether oxygens (including phenoxy) is 1. The summed E-state index contributed by atoms with van der Waals surface area (Å²) >= 11 is 7.78. The molecule has 0 saturated carbocycles. The number of carbonyl (C=O) groups is 1. The van der Waals surface area contributed by atoms with Crippen LogP contribution < -0.4 is 10.1 Å². The number of aromatic nitrogens is 3. The third-order valence-corrected chi connectivity index (χ3v) is 6.52. The van der Waals surface area contributed by atoms with E-state index in [1.54, 1.807) is 11.8 Å². The van der Waals surface area contributed by atoms with Gasteiger partial charge in [0, 0.05) is 23.7 Å². The Kier molecular flexibility index (Phi) is 8.80. The van der Waals surface area contributed by atoms with Crippen molar-refractivity contribution < 1.29 is 9.53 Å². The summed E-state index contributed by atoms with van der Waals surface area (Å²) in [4.78, 5) is 12.4. The molecule has 0 saturated heterocycles. The van der Waals surface area contributed by atoms with Gasteiger partial charge < -0.3 is 4.74 Å². The number of carbonyl (C=O) groups excluding carboxylic acids is 1. The molecule has 8 heteroatoms. The number of amides is 1. The van der Waals surface area contributed by atoms with Gasteiger partial charge in [0.2, 0.25) is 11.9 Å². The number of benzene rings is 2. The average Bonchev–Trinajstić information content (AvgIpc) is 3.17. The van der Waals surface area contributed by atoms with Crippen molar-refractivity contribution in [3.63, 3.8) is 0 Å². The summed E-state index contributed by atoms with van der Waals surface area (Å²) in [6.45, 7) is 9.67. The predicted octanol–water partition coefficient (Wildman–Crippen LogP) is 6.34. The van der Waals surface area contributed by atoms with Crippen molar-refractivity contribution >= 4 is 35.2 Å². The second kappa shape index (κ2) is 11.6. The van der Waals surface area contributed by atoms with E-state index in [0.717, 1.165) is 21.5 Å². The molecule has 0 aliphatic carbocycles. The Morgan fingerprint density at radius 2 is 1.85 bits per heavy atom. The molecule has 0 radical (unpaired) electrons. The molecule has 33 heavy (non-hydrogen) atoms. The Morgan fingerprint density at radius 1 is 1.12 bits per heavy atom. The minimum absolute atomic E-state index is 0.105. The van der Waals surface area contributed by atoms with Crippen molar-refractivity contribution in [1.82, 2.24) is 14.8 Å². The quantitative estimate of drug-likeness (QED) is 0.267. The van der Waals surface area contributed by atoms with Crippen LogP contribution in [0.25, 0.3) is 0 Å². The van der Waals surface area contributed by atoms with E-state index in [2.05, 4.69) is 48.4 Å². The summed E-state index contributed by atoms with van der Waals surface area (Å²) in [7, 11) is 0. The van der Waals surface area contributed by atoms with E-state index >= 15 is 0 Å². The first kappa shape index (κ1) is 25.1. The van der Waals surface area contributed by atoms with E-state index in [4.69, 9.17) is 16.3 Å². The monoisotopic (exact) mass is 486 g/mol. The Morgan fingerprint density at radius 3 is 2.52 bits per heavy atom. The molecule has 0 aliphatic rings. The normalized spacial score (nSPS) is 11.4. The van der Waals surface area contributed by atoms with Gasteiger partial charge in [0.25, 0.3) is 0 Å². The first-order chi connectivity index (χ1) is 15.8. The molecular weight excluding hydrogens is 456 g/mol. The molecule has 0 fully saturated rings.